The van der Waals surface area contributed by atoms with Crippen LogP contribution in [-0.2, 0) is 6.18 Å². The van der Waals surface area contributed by atoms with Crippen LogP contribution in [-0.4, -0.2) is 12.1 Å². The van der Waals surface area contributed by atoms with Crippen LogP contribution in [0.25, 0.3) is 0 Å². The van der Waals surface area contributed by atoms with Gasteiger partial charge in [-0.3, -0.25) is 9.59 Å². The Labute approximate surface area is 94.5 Å². The van der Waals surface area contributed by atoms with Crippen molar-refractivity contribution in [2.75, 3.05) is 0 Å². The highest BCUT2D eigenvalue weighted by Crippen LogP contribution is 2.31. The maximum absolute atomic E-state index is 12.5. The Bertz CT molecular complexity index is 527. The molecule has 1 rings (SSSR count). The van der Waals surface area contributed by atoms with E-state index in [0.717, 1.165) is 6.92 Å². The normalized spacial score (nSPS) is 10.8. The van der Waals surface area contributed by atoms with Gasteiger partial charge in [0.15, 0.2) is 12.1 Å². The minimum atomic E-state index is -4.67. The van der Waals surface area contributed by atoms with Gasteiger partial charge in [0.2, 0.25) is 0 Å². The summed E-state index contributed by atoms with van der Waals surface area (Å²) in [6.45, 7) is 1.03. The Kier molecular flexibility index (Phi) is 3.32. The number of rotatable bonds is 2. The predicted molar refractivity (Wildman–Crippen MR) is 51.6 cm³/mol. The molecule has 0 saturated carbocycles. The number of Topliss-reactive ketones (excluding diaryl/α,β-unsaturated/α-hetero) is 1. The van der Waals surface area contributed by atoms with Crippen LogP contribution < -0.4 is 0 Å². The number of ketones is 1. The molecule has 6 heteroatoms. The zero-order chi connectivity index (χ0) is 13.2. The number of nitrogens with zero attached hydrogens (tertiary/aromatic N) is 1. The predicted octanol–water partition coefficient (Wildman–Crippen LogP) is 2.59. The summed E-state index contributed by atoms with van der Waals surface area (Å²) in [7, 11) is 0. The molecule has 1 aromatic rings. The van der Waals surface area contributed by atoms with Crippen LogP contribution in [0.4, 0.5) is 13.2 Å². The number of halogens is 3. The average molecular weight is 241 g/mol. The number of benzene rings is 1. The highest BCUT2D eigenvalue weighted by molar-refractivity contribution is 5.99. The second-order valence-electron chi connectivity index (χ2n) is 3.27. The molecule has 17 heavy (non-hydrogen) atoms. The molecule has 3 nitrogen and oxygen atoms in total. The molecular weight excluding hydrogens is 235 g/mol. The molecule has 0 unspecified atom stereocenters. The highest BCUT2D eigenvalue weighted by Gasteiger charge is 2.32. The third kappa shape index (κ3) is 2.50. The molecule has 0 aliphatic carbocycles. The average Bonchev–Trinajstić information content (AvgIpc) is 2.25. The van der Waals surface area contributed by atoms with Gasteiger partial charge in [0.25, 0.3) is 0 Å². The first kappa shape index (κ1) is 12.9. The zero-order valence-corrected chi connectivity index (χ0v) is 8.63. The SMILES string of the molecule is CC(=O)c1cc(C(F)(F)F)cc(C=O)c1C#N. The molecule has 0 amide bonds. The number of alkyl halides is 3. The lowest BCUT2D eigenvalue weighted by molar-refractivity contribution is -0.137. The second-order valence-corrected chi connectivity index (χ2v) is 3.27. The molecule has 88 valence electrons. The van der Waals surface area contributed by atoms with Crippen molar-refractivity contribution in [2.24, 2.45) is 0 Å². The quantitative estimate of drug-likeness (QED) is 0.590. The Morgan fingerprint density at radius 3 is 2.35 bits per heavy atom. The van der Waals surface area contributed by atoms with E-state index in [1.165, 1.54) is 0 Å². The smallest absolute Gasteiger partial charge is 0.298 e. The van der Waals surface area contributed by atoms with Gasteiger partial charge in [-0.25, -0.2) is 0 Å². The Morgan fingerprint density at radius 1 is 1.41 bits per heavy atom. The maximum atomic E-state index is 12.5. The van der Waals surface area contributed by atoms with Crippen LogP contribution in [0.2, 0.25) is 0 Å². The summed E-state index contributed by atoms with van der Waals surface area (Å²) in [5.41, 5.74) is -2.29. The molecule has 0 aliphatic rings. The van der Waals surface area contributed by atoms with Gasteiger partial charge in [-0.15, -0.1) is 0 Å². The number of carbonyl (C=O) groups is 2. The van der Waals surface area contributed by atoms with Gasteiger partial charge >= 0.3 is 6.18 Å². The van der Waals surface area contributed by atoms with Gasteiger partial charge in [0.05, 0.1) is 11.1 Å². The van der Waals surface area contributed by atoms with Crippen LogP contribution in [0.15, 0.2) is 12.1 Å². The van der Waals surface area contributed by atoms with E-state index in [9.17, 15) is 22.8 Å². The maximum Gasteiger partial charge on any atom is 0.416 e. The van der Waals surface area contributed by atoms with Crippen molar-refractivity contribution in [3.05, 3.63) is 34.4 Å². The summed E-state index contributed by atoms with van der Waals surface area (Å²) < 4.78 is 37.4. The fourth-order valence-corrected chi connectivity index (χ4v) is 1.32. The summed E-state index contributed by atoms with van der Waals surface area (Å²) in [4.78, 5) is 21.7. The van der Waals surface area contributed by atoms with E-state index in [-0.39, 0.29) is 11.8 Å². The van der Waals surface area contributed by atoms with E-state index in [1.54, 1.807) is 6.07 Å². The third-order valence-electron chi connectivity index (χ3n) is 2.11. The van der Waals surface area contributed by atoms with E-state index in [2.05, 4.69) is 0 Å². The number of hydrogen-bond acceptors (Lipinski definition) is 3. The minimum absolute atomic E-state index is 0.125. The molecule has 0 bridgehead atoms. The summed E-state index contributed by atoms with van der Waals surface area (Å²) >= 11 is 0. The van der Waals surface area contributed by atoms with E-state index in [4.69, 9.17) is 5.26 Å². The lowest BCUT2D eigenvalue weighted by Gasteiger charge is -2.10. The Morgan fingerprint density at radius 2 is 2.00 bits per heavy atom. The minimum Gasteiger partial charge on any atom is -0.298 e. The number of nitriles is 1. The van der Waals surface area contributed by atoms with E-state index in [1.807, 2.05) is 0 Å². The molecule has 0 atom stereocenters. The molecule has 0 saturated heterocycles. The monoisotopic (exact) mass is 241 g/mol. The van der Waals surface area contributed by atoms with E-state index >= 15 is 0 Å². The fourth-order valence-electron chi connectivity index (χ4n) is 1.32. The summed E-state index contributed by atoms with van der Waals surface area (Å²) in [6.07, 6.45) is -4.55. The van der Waals surface area contributed by atoms with Crippen molar-refractivity contribution in [2.45, 2.75) is 13.1 Å². The summed E-state index contributed by atoms with van der Waals surface area (Å²) in [5.74, 6) is -0.698. The molecule has 0 radical (unpaired) electrons. The van der Waals surface area contributed by atoms with Crippen molar-refractivity contribution in [1.29, 1.82) is 5.26 Å². The standard InChI is InChI=1S/C11H6F3NO2/c1-6(17)9-3-8(11(12,13)14)2-7(5-16)10(9)4-15/h2-3,5H,1H3. The summed E-state index contributed by atoms with van der Waals surface area (Å²) in [5, 5.41) is 8.73. The van der Waals surface area contributed by atoms with Crippen molar-refractivity contribution < 1.29 is 22.8 Å². The second kappa shape index (κ2) is 4.37. The van der Waals surface area contributed by atoms with Crippen molar-refractivity contribution in [3.63, 3.8) is 0 Å². The first-order valence-electron chi connectivity index (χ1n) is 4.42. The van der Waals surface area contributed by atoms with Gasteiger partial charge < -0.3 is 0 Å². The van der Waals surface area contributed by atoms with Crippen LogP contribution in [0, 0.1) is 11.3 Å². The molecular formula is C11H6F3NO2. The molecule has 1 aromatic carbocycles. The van der Waals surface area contributed by atoms with Gasteiger partial charge in [-0.1, -0.05) is 0 Å². The van der Waals surface area contributed by atoms with Crippen LogP contribution in [0.1, 0.15) is 38.8 Å². The fraction of sp³-hybridized carbons (Fsp3) is 0.182. The summed E-state index contributed by atoms with van der Waals surface area (Å²) in [6, 6.07) is 2.69. The largest absolute Gasteiger partial charge is 0.416 e. The van der Waals surface area contributed by atoms with Crippen molar-refractivity contribution >= 4 is 12.1 Å². The van der Waals surface area contributed by atoms with Crippen molar-refractivity contribution in [1.82, 2.24) is 0 Å². The molecule has 0 heterocycles. The third-order valence-corrected chi connectivity index (χ3v) is 2.11. The molecule has 0 fully saturated rings. The number of hydrogen-bond donors (Lipinski definition) is 0. The van der Waals surface area contributed by atoms with Crippen LogP contribution in [0.5, 0.6) is 0 Å². The molecule has 0 aliphatic heterocycles. The molecule has 0 aromatic heterocycles. The Balaban J connectivity index is 3.64. The first-order valence-corrected chi connectivity index (χ1v) is 4.42. The zero-order valence-electron chi connectivity index (χ0n) is 8.63. The lowest BCUT2D eigenvalue weighted by atomic mass is 9.96. The molecule has 0 spiro atoms. The molecule has 0 N–H and O–H groups in total. The van der Waals surface area contributed by atoms with E-state index in [0.29, 0.717) is 12.1 Å². The van der Waals surface area contributed by atoms with Gasteiger partial charge in [0, 0.05) is 11.1 Å². The lowest BCUT2D eigenvalue weighted by Crippen LogP contribution is -2.10. The van der Waals surface area contributed by atoms with Crippen LogP contribution in [0.3, 0.4) is 0 Å². The van der Waals surface area contributed by atoms with Crippen LogP contribution >= 0.6 is 0 Å². The number of aldehydes is 1. The van der Waals surface area contributed by atoms with Gasteiger partial charge in [-0.2, -0.15) is 18.4 Å². The van der Waals surface area contributed by atoms with E-state index < -0.39 is 28.6 Å². The topological polar surface area (TPSA) is 57.9 Å². The Hall–Kier alpha value is -2.16. The van der Waals surface area contributed by atoms with Crippen molar-refractivity contribution in [3.8, 4) is 6.07 Å². The number of carbonyl (C=O) groups excluding carboxylic acids is 2. The van der Waals surface area contributed by atoms with Gasteiger partial charge in [0.1, 0.15) is 6.07 Å². The van der Waals surface area contributed by atoms with Gasteiger partial charge in [-0.05, 0) is 19.1 Å². The highest BCUT2D eigenvalue weighted by atomic mass is 19.4. The first-order chi connectivity index (χ1) is 7.81.